The van der Waals surface area contributed by atoms with E-state index in [4.69, 9.17) is 0 Å². The minimum atomic E-state index is -1.52. The van der Waals surface area contributed by atoms with Crippen LogP contribution >= 0.6 is 0 Å². The highest BCUT2D eigenvalue weighted by molar-refractivity contribution is 5.64. The van der Waals surface area contributed by atoms with Gasteiger partial charge in [-0.2, -0.15) is 5.10 Å². The number of aromatic amines is 1. The second kappa shape index (κ2) is 8.28. The van der Waals surface area contributed by atoms with Crippen LogP contribution in [0.1, 0.15) is 30.0 Å². The summed E-state index contributed by atoms with van der Waals surface area (Å²) in [4.78, 5) is 15.2. The van der Waals surface area contributed by atoms with Gasteiger partial charge >= 0.3 is 5.69 Å². The fourth-order valence-corrected chi connectivity index (χ4v) is 3.28. The van der Waals surface area contributed by atoms with Gasteiger partial charge in [0.05, 0.1) is 18.1 Å². The maximum atomic E-state index is 13.3. The molecule has 4 rings (SSSR count). The Bertz CT molecular complexity index is 1080. The van der Waals surface area contributed by atoms with Crippen LogP contribution in [0, 0.1) is 15.9 Å². The van der Waals surface area contributed by atoms with E-state index in [1.54, 1.807) is 0 Å². The lowest BCUT2D eigenvalue weighted by atomic mass is 9.91. The normalized spacial score (nSPS) is 13.8. The van der Waals surface area contributed by atoms with Crippen molar-refractivity contribution in [1.29, 1.82) is 0 Å². The molecule has 1 aromatic carbocycles. The molecule has 5 N–H and O–H groups in total. The lowest BCUT2D eigenvalue weighted by Gasteiger charge is -2.32. The van der Waals surface area contributed by atoms with Gasteiger partial charge in [0, 0.05) is 23.7 Å². The summed E-state index contributed by atoms with van der Waals surface area (Å²) in [6.07, 6.45) is 2.22. The molecule has 0 bridgehead atoms. The second-order valence-electron chi connectivity index (χ2n) is 7.46. The second-order valence-corrected chi connectivity index (χ2v) is 7.46. The van der Waals surface area contributed by atoms with Gasteiger partial charge in [-0.25, -0.2) is 9.37 Å². The topological polar surface area (TPSA) is 149 Å². The van der Waals surface area contributed by atoms with Crippen molar-refractivity contribution in [2.45, 2.75) is 24.3 Å². The van der Waals surface area contributed by atoms with Crippen molar-refractivity contribution in [3.8, 4) is 0 Å². The average molecular weight is 428 g/mol. The minimum absolute atomic E-state index is 0.166. The number of H-pyrrole nitrogens is 1. The van der Waals surface area contributed by atoms with E-state index in [1.807, 2.05) is 6.07 Å². The average Bonchev–Trinajstić information content (AvgIpc) is 3.52. The zero-order valence-corrected chi connectivity index (χ0v) is 16.4. The van der Waals surface area contributed by atoms with Crippen molar-refractivity contribution >= 4 is 23.1 Å². The third-order valence-electron chi connectivity index (χ3n) is 5.24. The van der Waals surface area contributed by atoms with Gasteiger partial charge in [0.2, 0.25) is 5.82 Å². The molecule has 1 fully saturated rings. The monoisotopic (exact) mass is 428 g/mol. The molecular weight excluding hydrogens is 407 g/mol. The number of aliphatic hydroxyl groups is 2. The summed E-state index contributed by atoms with van der Waals surface area (Å²) in [6.45, 7) is -1.23. The lowest BCUT2D eigenvalue weighted by molar-refractivity contribution is -0.384. The number of nitrogens with zero attached hydrogens (tertiary/aromatic N) is 3. The maximum absolute atomic E-state index is 13.3. The smallest absolute Gasteiger partial charge is 0.311 e. The summed E-state index contributed by atoms with van der Waals surface area (Å²) in [6, 6.07) is 9.66. The third kappa shape index (κ3) is 4.32. The first-order valence-corrected chi connectivity index (χ1v) is 9.68. The van der Waals surface area contributed by atoms with E-state index in [-0.39, 0.29) is 17.3 Å². The molecule has 0 spiro atoms. The molecule has 0 saturated heterocycles. The summed E-state index contributed by atoms with van der Waals surface area (Å²) in [5.41, 5.74) is -0.511. The minimum Gasteiger partial charge on any atom is -0.393 e. The van der Waals surface area contributed by atoms with Gasteiger partial charge in [-0.05, 0) is 36.6 Å². The summed E-state index contributed by atoms with van der Waals surface area (Å²) in [7, 11) is 0. The fourth-order valence-electron chi connectivity index (χ4n) is 3.28. The number of aromatic nitrogens is 3. The number of rotatable bonds is 9. The first-order chi connectivity index (χ1) is 14.9. The predicted molar refractivity (Wildman–Crippen MR) is 111 cm³/mol. The van der Waals surface area contributed by atoms with E-state index >= 15 is 0 Å². The quantitative estimate of drug-likeness (QED) is 0.258. The summed E-state index contributed by atoms with van der Waals surface area (Å²) >= 11 is 0. The van der Waals surface area contributed by atoms with E-state index in [0.29, 0.717) is 17.3 Å². The van der Waals surface area contributed by atoms with E-state index in [0.717, 1.165) is 18.5 Å². The van der Waals surface area contributed by atoms with Crippen molar-refractivity contribution in [2.75, 3.05) is 23.8 Å². The van der Waals surface area contributed by atoms with E-state index in [2.05, 4.69) is 25.8 Å². The molecule has 0 atom stereocenters. The number of hydrogen-bond donors (Lipinski definition) is 5. The van der Waals surface area contributed by atoms with Crippen LogP contribution in [-0.2, 0) is 5.54 Å². The van der Waals surface area contributed by atoms with Crippen molar-refractivity contribution in [3.63, 3.8) is 0 Å². The molecule has 31 heavy (non-hydrogen) atoms. The molecule has 0 amide bonds. The summed E-state index contributed by atoms with van der Waals surface area (Å²) in [5.74, 6) is 0.624. The van der Waals surface area contributed by atoms with Crippen LogP contribution in [0.25, 0.3) is 0 Å². The largest absolute Gasteiger partial charge is 0.393 e. The van der Waals surface area contributed by atoms with Crippen molar-refractivity contribution < 1.29 is 19.5 Å². The highest BCUT2D eigenvalue weighted by Gasteiger charge is 2.34. The number of aliphatic hydroxyl groups excluding tert-OH is 2. The Balaban J connectivity index is 1.66. The van der Waals surface area contributed by atoms with Gasteiger partial charge in [0.25, 0.3) is 0 Å². The highest BCUT2D eigenvalue weighted by atomic mass is 19.1. The molecule has 11 heteroatoms. The van der Waals surface area contributed by atoms with Gasteiger partial charge in [-0.3, -0.25) is 15.2 Å². The van der Waals surface area contributed by atoms with E-state index in [9.17, 15) is 24.7 Å². The fraction of sp³-hybridized carbons (Fsp3) is 0.300. The molecule has 2 aromatic heterocycles. The molecule has 0 radical (unpaired) electrons. The predicted octanol–water partition coefficient (Wildman–Crippen LogP) is 2.76. The van der Waals surface area contributed by atoms with Crippen LogP contribution in [0.5, 0.6) is 0 Å². The first kappa shape index (κ1) is 20.7. The Labute approximate surface area is 176 Å². The molecule has 10 nitrogen and oxygen atoms in total. The number of hydrogen-bond acceptors (Lipinski definition) is 8. The maximum Gasteiger partial charge on any atom is 0.311 e. The highest BCUT2D eigenvalue weighted by Crippen LogP contribution is 2.40. The molecule has 0 aliphatic heterocycles. The zero-order chi connectivity index (χ0) is 22.0. The number of benzene rings is 1. The van der Waals surface area contributed by atoms with Crippen LogP contribution in [0.3, 0.4) is 0 Å². The molecule has 1 aliphatic carbocycles. The lowest BCUT2D eigenvalue weighted by Crippen LogP contribution is -2.43. The van der Waals surface area contributed by atoms with Crippen molar-refractivity contribution in [1.82, 2.24) is 15.2 Å². The van der Waals surface area contributed by atoms with Crippen molar-refractivity contribution in [2.24, 2.45) is 0 Å². The van der Waals surface area contributed by atoms with Gasteiger partial charge in [-0.1, -0.05) is 12.1 Å². The summed E-state index contributed by atoms with van der Waals surface area (Å²) < 4.78 is 13.3. The molecule has 1 aliphatic rings. The molecule has 2 heterocycles. The zero-order valence-electron chi connectivity index (χ0n) is 16.4. The molecule has 1 saturated carbocycles. The summed E-state index contributed by atoms with van der Waals surface area (Å²) in [5, 5.41) is 44.5. The third-order valence-corrected chi connectivity index (χ3v) is 5.24. The Morgan fingerprint density at radius 1 is 1.16 bits per heavy atom. The Morgan fingerprint density at radius 3 is 2.48 bits per heavy atom. The molecule has 162 valence electrons. The molecule has 0 unspecified atom stereocenters. The van der Waals surface area contributed by atoms with Gasteiger partial charge in [-0.15, -0.1) is 0 Å². The van der Waals surface area contributed by atoms with Crippen LogP contribution in [0.4, 0.5) is 27.5 Å². The standard InChI is InChI=1S/C20H21FN6O4/c21-14-5-3-13(4-6-14)20(10-28,11-29)24-19-16(27(30)31)7-8-17(23-19)22-18-9-15(25-26-18)12-1-2-12/h3-9,12,28-29H,1-2,10-11H2,(H3,22,23,24,25,26). The first-order valence-electron chi connectivity index (χ1n) is 9.68. The number of pyridine rings is 1. The molecular formula is C20H21FN6O4. The Morgan fingerprint density at radius 2 is 1.87 bits per heavy atom. The van der Waals surface area contributed by atoms with Crippen LogP contribution in [-0.4, -0.2) is 43.5 Å². The SMILES string of the molecule is O=[N+]([O-])c1ccc(Nc2cc(C3CC3)[nH]n2)nc1NC(CO)(CO)c1ccc(F)cc1. The van der Waals surface area contributed by atoms with Gasteiger partial charge in [0.15, 0.2) is 5.82 Å². The Kier molecular flexibility index (Phi) is 5.53. The van der Waals surface area contributed by atoms with Gasteiger partial charge in [0.1, 0.15) is 17.2 Å². The van der Waals surface area contributed by atoms with E-state index in [1.165, 1.54) is 36.4 Å². The van der Waals surface area contributed by atoms with E-state index < -0.39 is 29.5 Å². The molecule has 3 aromatic rings. The van der Waals surface area contributed by atoms with Gasteiger partial charge < -0.3 is 20.8 Å². The number of nitro groups is 1. The van der Waals surface area contributed by atoms with Crippen LogP contribution < -0.4 is 10.6 Å². The number of anilines is 3. The number of nitrogens with one attached hydrogen (secondary N) is 3. The Hall–Kier alpha value is -3.57. The van der Waals surface area contributed by atoms with Crippen LogP contribution in [0.15, 0.2) is 42.5 Å². The number of halogens is 1. The van der Waals surface area contributed by atoms with Crippen molar-refractivity contribution in [3.05, 3.63) is 69.7 Å². The van der Waals surface area contributed by atoms with Crippen LogP contribution in [0.2, 0.25) is 0 Å².